The van der Waals surface area contributed by atoms with Gasteiger partial charge in [-0.05, 0) is 17.5 Å². The van der Waals surface area contributed by atoms with Gasteiger partial charge in [-0.25, -0.2) is 9.78 Å². The van der Waals surface area contributed by atoms with Gasteiger partial charge >= 0.3 is 5.97 Å². The van der Waals surface area contributed by atoms with Crippen molar-refractivity contribution in [2.24, 2.45) is 0 Å². The van der Waals surface area contributed by atoms with E-state index in [-0.39, 0.29) is 17.1 Å². The van der Waals surface area contributed by atoms with E-state index in [2.05, 4.69) is 4.98 Å². The number of aromatic carboxylic acids is 1. The summed E-state index contributed by atoms with van der Waals surface area (Å²) in [7, 11) is 0. The quantitative estimate of drug-likeness (QED) is 0.768. The summed E-state index contributed by atoms with van der Waals surface area (Å²) in [5.74, 6) is -0.266. The Labute approximate surface area is 120 Å². The number of carboxylic acid groups (broad SMARTS) is 1. The van der Waals surface area contributed by atoms with E-state index in [0.29, 0.717) is 5.75 Å². The van der Waals surface area contributed by atoms with Crippen LogP contribution in [0.4, 0.5) is 5.69 Å². The van der Waals surface area contributed by atoms with E-state index in [1.54, 1.807) is 0 Å². The zero-order valence-electron chi connectivity index (χ0n) is 11.0. The topological polar surface area (TPSA) is 85.4 Å². The first-order valence-corrected chi connectivity index (χ1v) is 6.29. The van der Waals surface area contributed by atoms with Gasteiger partial charge in [-0.2, -0.15) is 0 Å². The summed E-state index contributed by atoms with van der Waals surface area (Å²) < 4.78 is 5.73. The van der Waals surface area contributed by atoms with Crippen molar-refractivity contribution in [3.05, 3.63) is 60.3 Å². The monoisotopic (exact) mass is 280 g/mol. The Morgan fingerprint density at radius 1 is 1.14 bits per heavy atom. The zero-order chi connectivity index (χ0) is 14.8. The first kappa shape index (κ1) is 12.9. The van der Waals surface area contributed by atoms with Crippen LogP contribution in [0, 0.1) is 0 Å². The van der Waals surface area contributed by atoms with E-state index in [0.717, 1.165) is 10.8 Å². The second kappa shape index (κ2) is 5.13. The van der Waals surface area contributed by atoms with E-state index in [4.69, 9.17) is 15.6 Å². The van der Waals surface area contributed by atoms with Crippen molar-refractivity contribution < 1.29 is 14.6 Å². The number of carbonyl (C=O) groups is 1. The van der Waals surface area contributed by atoms with E-state index < -0.39 is 5.97 Å². The second-order valence-corrected chi connectivity index (χ2v) is 4.50. The predicted molar refractivity (Wildman–Crippen MR) is 79.6 cm³/mol. The molecule has 0 bridgehead atoms. The molecule has 1 heterocycles. The van der Waals surface area contributed by atoms with Gasteiger partial charge in [0.2, 0.25) is 5.88 Å². The normalized spacial score (nSPS) is 10.5. The van der Waals surface area contributed by atoms with Crippen LogP contribution in [0.15, 0.2) is 54.7 Å². The van der Waals surface area contributed by atoms with Crippen LogP contribution in [0.25, 0.3) is 10.8 Å². The fourth-order valence-electron chi connectivity index (χ4n) is 2.06. The van der Waals surface area contributed by atoms with E-state index >= 15 is 0 Å². The molecule has 0 unspecified atom stereocenters. The van der Waals surface area contributed by atoms with Crippen molar-refractivity contribution in [3.8, 4) is 11.6 Å². The number of nitrogens with two attached hydrogens (primary N) is 1. The molecule has 2 aromatic carbocycles. The minimum atomic E-state index is -1.08. The van der Waals surface area contributed by atoms with Gasteiger partial charge in [-0.1, -0.05) is 36.4 Å². The third-order valence-corrected chi connectivity index (χ3v) is 3.08. The molecule has 0 spiro atoms. The number of hydrogen-bond acceptors (Lipinski definition) is 4. The molecule has 5 nitrogen and oxygen atoms in total. The second-order valence-electron chi connectivity index (χ2n) is 4.50. The Kier molecular flexibility index (Phi) is 3.16. The highest BCUT2D eigenvalue weighted by atomic mass is 16.5. The van der Waals surface area contributed by atoms with Crippen LogP contribution in [0.1, 0.15) is 10.4 Å². The highest BCUT2D eigenvalue weighted by Gasteiger charge is 2.10. The van der Waals surface area contributed by atoms with Crippen molar-refractivity contribution in [1.82, 2.24) is 4.98 Å². The molecule has 0 amide bonds. The van der Waals surface area contributed by atoms with Crippen molar-refractivity contribution >= 4 is 22.4 Å². The molecule has 0 aliphatic heterocycles. The highest BCUT2D eigenvalue weighted by molar-refractivity contribution is 5.89. The van der Waals surface area contributed by atoms with Gasteiger partial charge in [0.25, 0.3) is 0 Å². The first-order chi connectivity index (χ1) is 10.1. The number of aromatic nitrogens is 1. The standard InChI is InChI=1S/C16H12N2O3/c17-13-8-11(16(19)20)9-18-15(13)21-14-7-3-5-10-4-1-2-6-12(10)14/h1-9H,17H2,(H,19,20). The fraction of sp³-hybridized carbons (Fsp3) is 0. The number of rotatable bonds is 3. The van der Waals surface area contributed by atoms with Crippen LogP contribution in [0.5, 0.6) is 11.6 Å². The summed E-state index contributed by atoms with van der Waals surface area (Å²) in [6.45, 7) is 0. The largest absolute Gasteiger partial charge is 0.478 e. The number of nitrogens with zero attached hydrogens (tertiary/aromatic N) is 1. The van der Waals surface area contributed by atoms with Gasteiger partial charge in [-0.15, -0.1) is 0 Å². The summed E-state index contributed by atoms with van der Waals surface area (Å²) in [6.07, 6.45) is 1.22. The molecule has 0 aliphatic carbocycles. The molecular weight excluding hydrogens is 268 g/mol. The van der Waals surface area contributed by atoms with E-state index in [9.17, 15) is 4.79 Å². The average molecular weight is 280 g/mol. The molecule has 0 saturated heterocycles. The summed E-state index contributed by atoms with van der Waals surface area (Å²) >= 11 is 0. The predicted octanol–water partition coefficient (Wildman–Crippen LogP) is 3.31. The molecule has 3 N–H and O–H groups in total. The van der Waals surface area contributed by atoms with Crippen molar-refractivity contribution in [1.29, 1.82) is 0 Å². The van der Waals surface area contributed by atoms with Gasteiger partial charge in [-0.3, -0.25) is 0 Å². The van der Waals surface area contributed by atoms with Gasteiger partial charge in [0.15, 0.2) is 0 Å². The summed E-state index contributed by atoms with van der Waals surface area (Å²) in [4.78, 5) is 14.8. The summed E-state index contributed by atoms with van der Waals surface area (Å²) in [5, 5.41) is 10.9. The Hall–Kier alpha value is -3.08. The van der Waals surface area contributed by atoms with E-state index in [1.165, 1.54) is 12.3 Å². The maximum absolute atomic E-state index is 10.9. The van der Waals surface area contributed by atoms with Gasteiger partial charge in [0, 0.05) is 11.6 Å². The molecule has 5 heteroatoms. The van der Waals surface area contributed by atoms with Crippen LogP contribution in [-0.4, -0.2) is 16.1 Å². The fourth-order valence-corrected chi connectivity index (χ4v) is 2.06. The number of nitrogen functional groups attached to an aromatic ring is 1. The first-order valence-electron chi connectivity index (χ1n) is 6.29. The summed E-state index contributed by atoms with van der Waals surface area (Å²) in [5.41, 5.74) is 6.01. The van der Waals surface area contributed by atoms with Crippen LogP contribution in [0.3, 0.4) is 0 Å². The Bertz CT molecular complexity index is 825. The number of pyridine rings is 1. The smallest absolute Gasteiger partial charge is 0.337 e. The Morgan fingerprint density at radius 3 is 2.67 bits per heavy atom. The lowest BCUT2D eigenvalue weighted by molar-refractivity contribution is 0.0696. The maximum atomic E-state index is 10.9. The average Bonchev–Trinajstić information content (AvgIpc) is 2.49. The molecule has 0 aliphatic rings. The SMILES string of the molecule is Nc1cc(C(=O)O)cnc1Oc1cccc2ccccc12. The van der Waals surface area contributed by atoms with E-state index in [1.807, 2.05) is 42.5 Å². The molecule has 1 aromatic heterocycles. The molecule has 0 atom stereocenters. The molecule has 0 saturated carbocycles. The maximum Gasteiger partial charge on any atom is 0.337 e. The number of fused-ring (bicyclic) bond motifs is 1. The molecule has 3 aromatic rings. The third-order valence-electron chi connectivity index (χ3n) is 3.08. The molecule has 3 rings (SSSR count). The van der Waals surface area contributed by atoms with Gasteiger partial charge < -0.3 is 15.6 Å². The molecule has 21 heavy (non-hydrogen) atoms. The van der Waals surface area contributed by atoms with Gasteiger partial charge in [0.1, 0.15) is 5.75 Å². The Balaban J connectivity index is 2.01. The lowest BCUT2D eigenvalue weighted by Gasteiger charge is -2.10. The van der Waals surface area contributed by atoms with Crippen molar-refractivity contribution in [3.63, 3.8) is 0 Å². The van der Waals surface area contributed by atoms with Crippen LogP contribution >= 0.6 is 0 Å². The van der Waals surface area contributed by atoms with Crippen molar-refractivity contribution in [2.75, 3.05) is 5.73 Å². The highest BCUT2D eigenvalue weighted by Crippen LogP contribution is 2.31. The van der Waals surface area contributed by atoms with Crippen LogP contribution < -0.4 is 10.5 Å². The number of ether oxygens (including phenoxy) is 1. The number of benzene rings is 2. The van der Waals surface area contributed by atoms with Crippen molar-refractivity contribution in [2.45, 2.75) is 0 Å². The van der Waals surface area contributed by atoms with Crippen LogP contribution in [-0.2, 0) is 0 Å². The zero-order valence-corrected chi connectivity index (χ0v) is 11.0. The lowest BCUT2D eigenvalue weighted by atomic mass is 10.1. The number of hydrogen-bond donors (Lipinski definition) is 2. The molecular formula is C16H12N2O3. The minimum absolute atomic E-state index is 0.0257. The minimum Gasteiger partial charge on any atom is -0.478 e. The number of anilines is 1. The lowest BCUT2D eigenvalue weighted by Crippen LogP contribution is -2.01. The molecule has 0 radical (unpaired) electrons. The van der Waals surface area contributed by atoms with Crippen LogP contribution in [0.2, 0.25) is 0 Å². The summed E-state index contributed by atoms with van der Waals surface area (Å²) in [6, 6.07) is 14.8. The third kappa shape index (κ3) is 2.49. The van der Waals surface area contributed by atoms with Gasteiger partial charge in [0.05, 0.1) is 11.3 Å². The molecule has 0 fully saturated rings. The Morgan fingerprint density at radius 2 is 1.90 bits per heavy atom. The number of carboxylic acids is 1. The molecule has 104 valence electrons.